The van der Waals surface area contributed by atoms with Crippen LogP contribution in [0.5, 0.6) is 0 Å². The van der Waals surface area contributed by atoms with Gasteiger partial charge in [-0.25, -0.2) is 19.8 Å². The molecule has 9 heteroatoms. The average Bonchev–Trinajstić information content (AvgIpc) is 3.97. The minimum absolute atomic E-state index is 0.375. The summed E-state index contributed by atoms with van der Waals surface area (Å²) in [6.45, 7) is 7.82. The number of fused-ring (bicyclic) bond motifs is 6. The maximum Gasteiger partial charge on any atom is 0.189 e. The molecule has 0 bridgehead atoms. The summed E-state index contributed by atoms with van der Waals surface area (Å²) < 4.78 is 4.67. The van der Waals surface area contributed by atoms with Gasteiger partial charge in [0.15, 0.2) is 23.2 Å². The normalized spacial score (nSPS) is 11.1. The SMILES string of the molecule is [C-]#[N+]c1cc(C#N)cc(-c2ccc3c4ccc(-c5cc(C#N)cc(C#N)c5)cc4n(-c4ccc(-c5ccc6sc7ccccc7c6c5)cc4-c4nc(-c5ccccc5)nc(-c5ccccc5)n4)c3c2)c1. The topological polar surface area (TPSA) is 119 Å². The Hall–Kier alpha value is -10.0. The van der Waals surface area contributed by atoms with Gasteiger partial charge in [0.05, 0.1) is 52.6 Å². The van der Waals surface area contributed by atoms with Crippen LogP contribution in [-0.2, 0) is 0 Å². The molecule has 0 N–H and O–H groups in total. The van der Waals surface area contributed by atoms with Crippen LogP contribution in [0.2, 0.25) is 0 Å². The molecular weight excluding hydrogens is 877 g/mol. The van der Waals surface area contributed by atoms with Crippen molar-refractivity contribution in [3.63, 3.8) is 0 Å². The lowest BCUT2D eigenvalue weighted by molar-refractivity contribution is 1.06. The molecule has 12 rings (SSSR count). The molecule has 0 unspecified atom stereocenters. The van der Waals surface area contributed by atoms with Crippen LogP contribution < -0.4 is 0 Å². The second kappa shape index (κ2) is 17.0. The summed E-state index contributed by atoms with van der Waals surface area (Å²) in [5.74, 6) is 1.52. The van der Waals surface area contributed by atoms with Gasteiger partial charge in [0.2, 0.25) is 0 Å². The fraction of sp³-hybridized carbons (Fsp3) is 0. The van der Waals surface area contributed by atoms with Gasteiger partial charge in [-0.15, -0.1) is 11.3 Å². The third-order valence-electron chi connectivity index (χ3n) is 12.7. The highest BCUT2D eigenvalue weighted by Gasteiger charge is 2.22. The van der Waals surface area contributed by atoms with Crippen molar-refractivity contribution in [2.45, 2.75) is 0 Å². The summed E-state index contributed by atoms with van der Waals surface area (Å²) in [4.78, 5) is 19.3. The quantitative estimate of drug-likeness (QED) is 0.147. The highest BCUT2D eigenvalue weighted by molar-refractivity contribution is 7.25. The Morgan fingerprint density at radius 2 is 0.900 bits per heavy atom. The van der Waals surface area contributed by atoms with E-state index in [0.29, 0.717) is 39.9 Å². The van der Waals surface area contributed by atoms with Gasteiger partial charge in [-0.05, 0) is 112 Å². The van der Waals surface area contributed by atoms with E-state index in [4.69, 9.17) is 21.5 Å². The maximum absolute atomic E-state index is 9.98. The lowest BCUT2D eigenvalue weighted by Crippen LogP contribution is -2.04. The summed E-state index contributed by atoms with van der Waals surface area (Å²) in [6.07, 6.45) is 0. The van der Waals surface area contributed by atoms with Crippen molar-refractivity contribution in [1.82, 2.24) is 19.5 Å². The summed E-state index contributed by atoms with van der Waals surface area (Å²) in [5.41, 5.74) is 11.6. The molecule has 0 aliphatic carbocycles. The Bertz CT molecular complexity index is 4040. The number of rotatable bonds is 7. The van der Waals surface area contributed by atoms with E-state index in [9.17, 15) is 15.8 Å². The fourth-order valence-electron chi connectivity index (χ4n) is 9.39. The zero-order chi connectivity index (χ0) is 47.3. The Morgan fingerprint density at radius 1 is 0.400 bits per heavy atom. The number of hydrogen-bond acceptors (Lipinski definition) is 7. The van der Waals surface area contributed by atoms with Gasteiger partial charge in [0.25, 0.3) is 0 Å². The predicted octanol–water partition coefficient (Wildman–Crippen LogP) is 15.5. The van der Waals surface area contributed by atoms with Crippen molar-refractivity contribution in [2.24, 2.45) is 0 Å². The monoisotopic (exact) mass is 908 g/mol. The summed E-state index contributed by atoms with van der Waals surface area (Å²) in [5, 5.41) is 34.3. The number of aromatic nitrogens is 4. The highest BCUT2D eigenvalue weighted by Crippen LogP contribution is 2.43. The molecule has 3 heterocycles. The molecule has 8 nitrogen and oxygen atoms in total. The van der Waals surface area contributed by atoms with Crippen LogP contribution in [-0.4, -0.2) is 19.5 Å². The second-order valence-electron chi connectivity index (χ2n) is 16.9. The van der Waals surface area contributed by atoms with Gasteiger partial charge in [-0.3, -0.25) is 0 Å². The van der Waals surface area contributed by atoms with E-state index in [-0.39, 0.29) is 0 Å². The van der Waals surface area contributed by atoms with Crippen molar-refractivity contribution in [3.05, 3.63) is 222 Å². The van der Waals surface area contributed by atoms with E-state index in [2.05, 4.69) is 113 Å². The number of nitrogens with zero attached hydrogens (tertiary/aromatic N) is 8. The zero-order valence-electron chi connectivity index (χ0n) is 37.0. The molecule has 0 aliphatic heterocycles. The first-order valence-electron chi connectivity index (χ1n) is 22.4. The molecule has 0 saturated carbocycles. The molecule has 322 valence electrons. The van der Waals surface area contributed by atoms with E-state index >= 15 is 0 Å². The Morgan fingerprint density at radius 3 is 1.51 bits per heavy atom. The number of benzene rings is 9. The molecule has 0 atom stereocenters. The van der Waals surface area contributed by atoms with Gasteiger partial charge in [-0.1, -0.05) is 115 Å². The molecule has 12 aromatic rings. The highest BCUT2D eigenvalue weighted by atomic mass is 32.1. The molecular formula is C61H32N8S. The molecule has 0 amide bonds. The number of nitriles is 3. The molecule has 0 saturated heterocycles. The molecule has 0 spiro atoms. The lowest BCUT2D eigenvalue weighted by atomic mass is 9.98. The van der Waals surface area contributed by atoms with Gasteiger partial charge in [0.1, 0.15) is 0 Å². The second-order valence-corrected chi connectivity index (χ2v) is 18.0. The molecule has 9 aromatic carbocycles. The van der Waals surface area contributed by atoms with Crippen molar-refractivity contribution in [3.8, 4) is 91.4 Å². The van der Waals surface area contributed by atoms with Crippen molar-refractivity contribution >= 4 is 59.0 Å². The van der Waals surface area contributed by atoms with Crippen LogP contribution in [0.3, 0.4) is 0 Å². The molecule has 0 aliphatic rings. The minimum Gasteiger partial charge on any atom is -0.308 e. The van der Waals surface area contributed by atoms with Crippen LogP contribution in [0.15, 0.2) is 194 Å². The van der Waals surface area contributed by atoms with Gasteiger partial charge < -0.3 is 4.57 Å². The summed E-state index contributed by atoms with van der Waals surface area (Å²) >= 11 is 1.78. The van der Waals surface area contributed by atoms with Crippen LogP contribution in [0.1, 0.15) is 16.7 Å². The van der Waals surface area contributed by atoms with Gasteiger partial charge >= 0.3 is 0 Å². The van der Waals surface area contributed by atoms with Crippen LogP contribution in [0.25, 0.3) is 120 Å². The summed E-state index contributed by atoms with van der Waals surface area (Å²) in [7, 11) is 0. The Kier molecular flexibility index (Phi) is 10.1. The van der Waals surface area contributed by atoms with Crippen molar-refractivity contribution in [1.29, 1.82) is 15.8 Å². The molecule has 3 aromatic heterocycles. The lowest BCUT2D eigenvalue weighted by Gasteiger charge is -2.17. The number of thiophene rings is 1. The van der Waals surface area contributed by atoms with E-state index in [1.807, 2.05) is 84.9 Å². The first kappa shape index (κ1) is 41.4. The largest absolute Gasteiger partial charge is 0.308 e. The van der Waals surface area contributed by atoms with Gasteiger partial charge in [0, 0.05) is 53.2 Å². The zero-order valence-corrected chi connectivity index (χ0v) is 37.8. The van der Waals surface area contributed by atoms with Gasteiger partial charge in [-0.2, -0.15) is 15.8 Å². The maximum atomic E-state index is 9.98. The average molecular weight is 909 g/mol. The van der Waals surface area contributed by atoms with E-state index < -0.39 is 0 Å². The third-order valence-corrected chi connectivity index (χ3v) is 13.8. The summed E-state index contributed by atoms with van der Waals surface area (Å²) in [6, 6.07) is 71.0. The minimum atomic E-state index is 0.375. The standard InChI is InChI=1S/C61H32N8S/c1-65-48-28-39(36-64)27-47(29-48)45-17-21-50-49-20-16-44(46-25-37(34-62)24-38(26-46)35-63)32-55(49)69(56(50)33-45)54-22-18-42(43-19-23-58-52(30-43)51-14-8-9-15-57(51)70-58)31-53(54)61-67-59(40-10-4-2-5-11-40)66-60(68-61)41-12-6-3-7-13-41/h2-33H. The van der Waals surface area contributed by atoms with Crippen LogP contribution in [0.4, 0.5) is 5.69 Å². The van der Waals surface area contributed by atoms with Crippen LogP contribution in [0, 0.1) is 40.6 Å². The van der Waals surface area contributed by atoms with E-state index in [1.54, 1.807) is 35.6 Å². The Labute approximate surface area is 406 Å². The van der Waals surface area contributed by atoms with Crippen molar-refractivity contribution in [2.75, 3.05) is 0 Å². The molecule has 0 radical (unpaired) electrons. The van der Waals surface area contributed by atoms with E-state index in [0.717, 1.165) is 77.6 Å². The first-order valence-corrected chi connectivity index (χ1v) is 23.2. The van der Waals surface area contributed by atoms with E-state index in [1.165, 1.54) is 20.2 Å². The molecule has 0 fully saturated rings. The first-order chi connectivity index (χ1) is 34.4. The van der Waals surface area contributed by atoms with Crippen LogP contribution >= 0.6 is 11.3 Å². The predicted molar refractivity (Wildman–Crippen MR) is 280 cm³/mol. The van der Waals surface area contributed by atoms with Crippen molar-refractivity contribution < 1.29 is 0 Å². The smallest absolute Gasteiger partial charge is 0.189 e. The molecule has 70 heavy (non-hydrogen) atoms. The third kappa shape index (κ3) is 7.26. The Balaban J connectivity index is 1.18. The number of hydrogen-bond donors (Lipinski definition) is 0. The fourth-order valence-corrected chi connectivity index (χ4v) is 10.5.